The Morgan fingerprint density at radius 2 is 1.78 bits per heavy atom. The molecule has 0 aliphatic carbocycles. The summed E-state index contributed by atoms with van der Waals surface area (Å²) in [7, 11) is 0. The van der Waals surface area contributed by atoms with E-state index in [0.29, 0.717) is 5.11 Å². The molecule has 0 saturated carbocycles. The third-order valence-corrected chi connectivity index (χ3v) is 6.65. The van der Waals surface area contributed by atoms with Crippen molar-refractivity contribution < 1.29 is 4.92 Å². The number of thiocarbonyl (C=S) groups is 1. The van der Waals surface area contributed by atoms with Crippen LogP contribution in [0.15, 0.2) is 97.3 Å². The third-order valence-electron chi connectivity index (χ3n) is 6.30. The zero-order valence-corrected chi connectivity index (χ0v) is 20.3. The number of hydrogen-bond acceptors (Lipinski definition) is 5. The smallest absolute Gasteiger partial charge is 0.269 e. The monoisotopic (exact) mass is 498 g/mol. The van der Waals surface area contributed by atoms with Crippen LogP contribution in [0.3, 0.4) is 0 Å². The van der Waals surface area contributed by atoms with Gasteiger partial charge in [-0.05, 0) is 67.2 Å². The molecule has 2 N–H and O–H groups in total. The Morgan fingerprint density at radius 1 is 1.00 bits per heavy atom. The molecule has 0 bridgehead atoms. The van der Waals surface area contributed by atoms with Gasteiger partial charge in [-0.2, -0.15) is 0 Å². The number of anilines is 1. The maximum absolute atomic E-state index is 11.1. The molecule has 0 amide bonds. The summed E-state index contributed by atoms with van der Waals surface area (Å²) in [5.41, 5.74) is 3.95. The Hall–Kier alpha value is -4.24. The van der Waals surface area contributed by atoms with Crippen LogP contribution in [0.4, 0.5) is 11.4 Å². The van der Waals surface area contributed by atoms with E-state index in [2.05, 4.69) is 43.3 Å². The van der Waals surface area contributed by atoms with E-state index in [1.54, 1.807) is 18.3 Å². The van der Waals surface area contributed by atoms with Crippen LogP contribution in [0.2, 0.25) is 0 Å². The zero-order chi connectivity index (χ0) is 24.9. The summed E-state index contributed by atoms with van der Waals surface area (Å²) in [5.74, 6) is 0. The van der Waals surface area contributed by atoms with Crippen LogP contribution < -0.4 is 10.6 Å². The van der Waals surface area contributed by atoms with Crippen molar-refractivity contribution in [1.29, 1.82) is 0 Å². The normalized spacial score (nSPS) is 17.1. The highest BCUT2D eigenvalue weighted by molar-refractivity contribution is 7.80. The Bertz CT molecular complexity index is 1330. The molecule has 9 heteroatoms. The van der Waals surface area contributed by atoms with Crippen LogP contribution in [0.5, 0.6) is 0 Å². The van der Waals surface area contributed by atoms with Crippen LogP contribution in [-0.2, 0) is 0 Å². The lowest BCUT2D eigenvalue weighted by molar-refractivity contribution is -0.384. The lowest BCUT2D eigenvalue weighted by atomic mass is 10.0. The number of rotatable bonds is 9. The van der Waals surface area contributed by atoms with Crippen LogP contribution in [0.25, 0.3) is 5.69 Å². The van der Waals surface area contributed by atoms with Crippen molar-refractivity contribution in [2.75, 3.05) is 18.4 Å². The van der Waals surface area contributed by atoms with E-state index in [9.17, 15) is 10.1 Å². The number of nitro benzene ring substituents is 1. The number of hydrogen-bond donors (Lipinski definition) is 2. The van der Waals surface area contributed by atoms with Gasteiger partial charge in [-0.15, -0.1) is 0 Å². The SMILES string of the molecule is O=[N+]([O-])c1ccc(-n2cccc2C2C(c3ccccn3)NC(=S)N2CCCNc2ccccc2)cc1. The van der Waals surface area contributed by atoms with Gasteiger partial charge in [-0.1, -0.05) is 24.3 Å². The number of non-ortho nitro benzene ring substituents is 1. The summed E-state index contributed by atoms with van der Waals surface area (Å²) in [6, 6.07) is 26.5. The van der Waals surface area contributed by atoms with Crippen molar-refractivity contribution >= 4 is 28.7 Å². The lowest BCUT2D eigenvalue weighted by Gasteiger charge is -2.29. The van der Waals surface area contributed by atoms with E-state index >= 15 is 0 Å². The predicted octanol–water partition coefficient (Wildman–Crippen LogP) is 5.26. The van der Waals surface area contributed by atoms with Crippen LogP contribution >= 0.6 is 12.2 Å². The molecule has 4 aromatic rings. The van der Waals surface area contributed by atoms with Gasteiger partial charge in [0, 0.05) is 54.7 Å². The number of pyridine rings is 1. The Balaban J connectivity index is 1.42. The van der Waals surface area contributed by atoms with Gasteiger partial charge in [0.1, 0.15) is 0 Å². The first-order valence-corrected chi connectivity index (χ1v) is 12.2. The molecule has 2 aromatic carbocycles. The molecule has 5 rings (SSSR count). The molecule has 3 heterocycles. The van der Waals surface area contributed by atoms with Gasteiger partial charge in [0.25, 0.3) is 5.69 Å². The van der Waals surface area contributed by atoms with Crippen LogP contribution in [0, 0.1) is 10.1 Å². The number of nitrogens with one attached hydrogen (secondary N) is 2. The van der Waals surface area contributed by atoms with Crippen LogP contribution in [-0.4, -0.2) is 37.6 Å². The van der Waals surface area contributed by atoms with Crippen molar-refractivity contribution in [2.45, 2.75) is 18.5 Å². The fourth-order valence-corrected chi connectivity index (χ4v) is 4.94. The lowest BCUT2D eigenvalue weighted by Crippen LogP contribution is -2.32. The summed E-state index contributed by atoms with van der Waals surface area (Å²) in [6.45, 7) is 1.57. The van der Waals surface area contributed by atoms with E-state index in [1.807, 2.05) is 48.7 Å². The second-order valence-corrected chi connectivity index (χ2v) is 8.93. The molecule has 2 aromatic heterocycles. The minimum Gasteiger partial charge on any atom is -0.385 e. The molecular formula is C27H26N6O2S. The van der Waals surface area contributed by atoms with Gasteiger partial charge in [-0.25, -0.2) is 0 Å². The minimum absolute atomic E-state index is 0.0649. The number of nitro groups is 1. The molecule has 1 fully saturated rings. The minimum atomic E-state index is -0.387. The second-order valence-electron chi connectivity index (χ2n) is 8.54. The van der Waals surface area contributed by atoms with E-state index in [-0.39, 0.29) is 22.7 Å². The predicted molar refractivity (Wildman–Crippen MR) is 144 cm³/mol. The van der Waals surface area contributed by atoms with Crippen molar-refractivity contribution in [3.63, 3.8) is 0 Å². The van der Waals surface area contributed by atoms with Gasteiger partial charge in [0.05, 0.1) is 22.7 Å². The third kappa shape index (κ3) is 4.92. The summed E-state index contributed by atoms with van der Waals surface area (Å²) in [5, 5.41) is 18.8. The molecule has 8 nitrogen and oxygen atoms in total. The number of aromatic nitrogens is 2. The van der Waals surface area contributed by atoms with E-state index in [0.717, 1.165) is 42.3 Å². The first-order valence-electron chi connectivity index (χ1n) is 11.8. The summed E-state index contributed by atoms with van der Waals surface area (Å²) < 4.78 is 2.06. The standard InChI is InChI=1S/C27H26N6O2S/c34-33(35)22-14-12-21(13-15-22)31-18-6-11-24(31)26-25(23-10-4-5-16-29-23)30-27(36)32(26)19-7-17-28-20-8-2-1-3-9-20/h1-6,8-16,18,25-26,28H,7,17,19H2,(H,30,36). The average molecular weight is 499 g/mol. The van der Waals surface area contributed by atoms with Crippen molar-refractivity contribution in [3.05, 3.63) is 119 Å². The van der Waals surface area contributed by atoms with Crippen molar-refractivity contribution in [2.24, 2.45) is 0 Å². The molecule has 2 atom stereocenters. The summed E-state index contributed by atoms with van der Waals surface area (Å²) in [6.07, 6.45) is 4.65. The molecule has 1 aliphatic heterocycles. The van der Waals surface area contributed by atoms with E-state index in [4.69, 9.17) is 12.2 Å². The van der Waals surface area contributed by atoms with Crippen LogP contribution in [0.1, 0.15) is 29.9 Å². The zero-order valence-electron chi connectivity index (χ0n) is 19.5. The molecule has 36 heavy (non-hydrogen) atoms. The molecule has 1 saturated heterocycles. The summed E-state index contributed by atoms with van der Waals surface area (Å²) >= 11 is 5.80. The molecule has 0 radical (unpaired) electrons. The number of benzene rings is 2. The second kappa shape index (κ2) is 10.6. The Labute approximate surface area is 214 Å². The van der Waals surface area contributed by atoms with Gasteiger partial charge < -0.3 is 20.1 Å². The number of para-hydroxylation sites is 1. The topological polar surface area (TPSA) is 88.3 Å². The van der Waals surface area contributed by atoms with Gasteiger partial charge in [0.15, 0.2) is 5.11 Å². The maximum Gasteiger partial charge on any atom is 0.269 e. The average Bonchev–Trinajstić information content (AvgIpc) is 3.52. The fraction of sp³-hybridized carbons (Fsp3) is 0.185. The largest absolute Gasteiger partial charge is 0.385 e. The first-order chi connectivity index (χ1) is 17.6. The van der Waals surface area contributed by atoms with E-state index in [1.165, 1.54) is 12.1 Å². The summed E-state index contributed by atoms with van der Waals surface area (Å²) in [4.78, 5) is 17.6. The fourth-order valence-electron chi connectivity index (χ4n) is 4.61. The highest BCUT2D eigenvalue weighted by atomic mass is 32.1. The highest BCUT2D eigenvalue weighted by Gasteiger charge is 2.40. The van der Waals surface area contributed by atoms with Gasteiger partial charge >= 0.3 is 0 Å². The van der Waals surface area contributed by atoms with E-state index < -0.39 is 0 Å². The Kier molecular flexibility index (Phi) is 6.90. The number of nitrogens with zero attached hydrogens (tertiary/aromatic N) is 4. The highest BCUT2D eigenvalue weighted by Crippen LogP contribution is 2.39. The Morgan fingerprint density at radius 3 is 2.50 bits per heavy atom. The van der Waals surface area contributed by atoms with Gasteiger partial charge in [-0.3, -0.25) is 15.1 Å². The van der Waals surface area contributed by atoms with Crippen molar-refractivity contribution in [3.8, 4) is 5.69 Å². The molecule has 0 spiro atoms. The maximum atomic E-state index is 11.1. The molecular weight excluding hydrogens is 472 g/mol. The quantitative estimate of drug-likeness (QED) is 0.141. The first kappa shape index (κ1) is 23.5. The van der Waals surface area contributed by atoms with Gasteiger partial charge in [0.2, 0.25) is 0 Å². The molecule has 182 valence electrons. The molecule has 2 unspecified atom stereocenters. The molecule has 1 aliphatic rings. The van der Waals surface area contributed by atoms with Crippen molar-refractivity contribution in [1.82, 2.24) is 19.8 Å².